The van der Waals surface area contributed by atoms with Crippen molar-refractivity contribution in [3.63, 3.8) is 0 Å². The fourth-order valence-electron chi connectivity index (χ4n) is 4.23. The Bertz CT molecular complexity index is 979. The highest BCUT2D eigenvalue weighted by Crippen LogP contribution is 2.23. The molecule has 8 heteroatoms. The Morgan fingerprint density at radius 2 is 1.50 bits per heavy atom. The SMILES string of the molecule is O=C(c1ccc(S(=O)(=O)Nc2ccc(Cl)cc2)cc1)N1CCC(N2CCCC2)CC1. The molecule has 2 aliphatic heterocycles. The molecule has 2 fully saturated rings. The van der Waals surface area contributed by atoms with E-state index < -0.39 is 10.0 Å². The van der Waals surface area contributed by atoms with Gasteiger partial charge in [0.25, 0.3) is 15.9 Å². The van der Waals surface area contributed by atoms with Gasteiger partial charge in [0.05, 0.1) is 4.90 Å². The van der Waals surface area contributed by atoms with E-state index in [4.69, 9.17) is 11.6 Å². The zero-order valence-electron chi connectivity index (χ0n) is 16.8. The number of benzene rings is 2. The summed E-state index contributed by atoms with van der Waals surface area (Å²) in [6, 6.07) is 13.2. The van der Waals surface area contributed by atoms with Gasteiger partial charge in [-0.1, -0.05) is 11.6 Å². The molecule has 2 aromatic rings. The Hall–Kier alpha value is -2.09. The van der Waals surface area contributed by atoms with Crippen molar-refractivity contribution in [3.8, 4) is 0 Å². The maximum atomic E-state index is 12.8. The molecule has 0 spiro atoms. The van der Waals surface area contributed by atoms with E-state index in [2.05, 4.69) is 9.62 Å². The van der Waals surface area contributed by atoms with Gasteiger partial charge in [-0.15, -0.1) is 0 Å². The van der Waals surface area contributed by atoms with Gasteiger partial charge in [-0.05, 0) is 87.3 Å². The normalized spacial score (nSPS) is 18.5. The summed E-state index contributed by atoms with van der Waals surface area (Å²) < 4.78 is 27.7. The maximum Gasteiger partial charge on any atom is 0.261 e. The van der Waals surface area contributed by atoms with Crippen LogP contribution in [-0.2, 0) is 10.0 Å². The highest BCUT2D eigenvalue weighted by molar-refractivity contribution is 7.92. The Kier molecular flexibility index (Phi) is 6.32. The quantitative estimate of drug-likeness (QED) is 0.756. The van der Waals surface area contributed by atoms with E-state index >= 15 is 0 Å². The van der Waals surface area contributed by atoms with Crippen LogP contribution in [0.5, 0.6) is 0 Å². The molecule has 30 heavy (non-hydrogen) atoms. The van der Waals surface area contributed by atoms with Gasteiger partial charge in [0.1, 0.15) is 0 Å². The number of halogens is 1. The van der Waals surface area contributed by atoms with Crippen molar-refractivity contribution in [1.82, 2.24) is 9.80 Å². The molecule has 4 rings (SSSR count). The predicted molar refractivity (Wildman–Crippen MR) is 118 cm³/mol. The summed E-state index contributed by atoms with van der Waals surface area (Å²) in [6.45, 7) is 3.85. The van der Waals surface area contributed by atoms with Gasteiger partial charge < -0.3 is 9.80 Å². The van der Waals surface area contributed by atoms with E-state index in [1.807, 2.05) is 4.90 Å². The minimum absolute atomic E-state index is 0.0375. The van der Waals surface area contributed by atoms with Crippen LogP contribution in [0.4, 0.5) is 5.69 Å². The standard InChI is InChI=1S/C22H26ClN3O3S/c23-18-5-7-19(8-6-18)24-30(28,29)21-9-3-17(4-10-21)22(27)26-15-11-20(12-16-26)25-13-1-2-14-25/h3-10,20,24H,1-2,11-16H2. The molecule has 0 saturated carbocycles. The first kappa shape index (κ1) is 21.2. The third-order valence-corrected chi connectivity index (χ3v) is 7.57. The van der Waals surface area contributed by atoms with Crippen molar-refractivity contribution in [2.45, 2.75) is 36.6 Å². The number of carbonyl (C=O) groups excluding carboxylic acids is 1. The smallest absolute Gasteiger partial charge is 0.261 e. The van der Waals surface area contributed by atoms with Crippen molar-refractivity contribution in [3.05, 3.63) is 59.1 Å². The lowest BCUT2D eigenvalue weighted by molar-refractivity contribution is 0.0644. The number of sulfonamides is 1. The number of hydrogen-bond donors (Lipinski definition) is 1. The molecule has 1 N–H and O–H groups in total. The van der Waals surface area contributed by atoms with Crippen molar-refractivity contribution < 1.29 is 13.2 Å². The fourth-order valence-corrected chi connectivity index (χ4v) is 5.42. The number of piperidine rings is 1. The summed E-state index contributed by atoms with van der Waals surface area (Å²) in [4.78, 5) is 17.4. The Morgan fingerprint density at radius 3 is 2.10 bits per heavy atom. The maximum absolute atomic E-state index is 12.8. The number of likely N-dealkylation sites (tertiary alicyclic amines) is 2. The molecule has 160 valence electrons. The number of nitrogens with zero attached hydrogens (tertiary/aromatic N) is 2. The van der Waals surface area contributed by atoms with E-state index in [-0.39, 0.29) is 10.8 Å². The second kappa shape index (κ2) is 8.96. The van der Waals surface area contributed by atoms with E-state index in [1.165, 1.54) is 38.1 Å². The molecule has 2 aliphatic rings. The second-order valence-corrected chi connectivity index (χ2v) is 10.0. The van der Waals surface area contributed by atoms with Crippen LogP contribution in [0.3, 0.4) is 0 Å². The largest absolute Gasteiger partial charge is 0.339 e. The van der Waals surface area contributed by atoms with Crippen LogP contribution in [0.25, 0.3) is 0 Å². The molecule has 0 radical (unpaired) electrons. The number of rotatable bonds is 5. The van der Waals surface area contributed by atoms with Crippen molar-refractivity contribution in [2.24, 2.45) is 0 Å². The lowest BCUT2D eigenvalue weighted by Crippen LogP contribution is -2.45. The average Bonchev–Trinajstić information content (AvgIpc) is 3.30. The van der Waals surface area contributed by atoms with E-state index in [0.717, 1.165) is 25.9 Å². The summed E-state index contributed by atoms with van der Waals surface area (Å²) in [5.41, 5.74) is 0.945. The fraction of sp³-hybridized carbons (Fsp3) is 0.409. The average molecular weight is 448 g/mol. The summed E-state index contributed by atoms with van der Waals surface area (Å²) in [6.07, 6.45) is 4.56. The van der Waals surface area contributed by atoms with E-state index in [9.17, 15) is 13.2 Å². The third kappa shape index (κ3) is 4.79. The topological polar surface area (TPSA) is 69.7 Å². The highest BCUT2D eigenvalue weighted by Gasteiger charge is 2.28. The van der Waals surface area contributed by atoms with Gasteiger partial charge >= 0.3 is 0 Å². The molecule has 2 saturated heterocycles. The summed E-state index contributed by atoms with van der Waals surface area (Å²) in [5, 5.41) is 0.533. The zero-order chi connectivity index (χ0) is 21.1. The molecule has 0 bridgehead atoms. The molecule has 6 nitrogen and oxygen atoms in total. The van der Waals surface area contributed by atoms with E-state index in [0.29, 0.717) is 22.3 Å². The molecule has 0 aromatic heterocycles. The van der Waals surface area contributed by atoms with Gasteiger partial charge in [0.2, 0.25) is 0 Å². The number of anilines is 1. The monoisotopic (exact) mass is 447 g/mol. The van der Waals surface area contributed by atoms with Crippen molar-refractivity contribution in [1.29, 1.82) is 0 Å². The molecular formula is C22H26ClN3O3S. The van der Waals surface area contributed by atoms with Crippen molar-refractivity contribution in [2.75, 3.05) is 30.9 Å². The van der Waals surface area contributed by atoms with Crippen LogP contribution in [0.15, 0.2) is 53.4 Å². The van der Waals surface area contributed by atoms with Crippen LogP contribution in [-0.4, -0.2) is 56.3 Å². The minimum Gasteiger partial charge on any atom is -0.339 e. The van der Waals surface area contributed by atoms with Gasteiger partial charge in [0, 0.05) is 35.4 Å². The van der Waals surface area contributed by atoms with Gasteiger partial charge in [0.15, 0.2) is 0 Å². The molecule has 2 heterocycles. The summed E-state index contributed by atoms with van der Waals surface area (Å²) in [5.74, 6) is -0.0375. The van der Waals surface area contributed by atoms with Crippen LogP contribution < -0.4 is 4.72 Å². The molecule has 2 aromatic carbocycles. The number of nitrogens with one attached hydrogen (secondary N) is 1. The number of hydrogen-bond acceptors (Lipinski definition) is 4. The Morgan fingerprint density at radius 1 is 0.900 bits per heavy atom. The first-order valence-electron chi connectivity index (χ1n) is 10.3. The van der Waals surface area contributed by atoms with Gasteiger partial charge in [-0.2, -0.15) is 0 Å². The van der Waals surface area contributed by atoms with Crippen LogP contribution in [0.2, 0.25) is 5.02 Å². The van der Waals surface area contributed by atoms with Crippen LogP contribution in [0.1, 0.15) is 36.0 Å². The lowest BCUT2D eigenvalue weighted by atomic mass is 10.0. The zero-order valence-corrected chi connectivity index (χ0v) is 18.3. The van der Waals surface area contributed by atoms with Crippen LogP contribution >= 0.6 is 11.6 Å². The molecule has 1 amide bonds. The first-order chi connectivity index (χ1) is 14.4. The predicted octanol–water partition coefficient (Wildman–Crippen LogP) is 3.84. The minimum atomic E-state index is -3.73. The summed E-state index contributed by atoms with van der Waals surface area (Å²) >= 11 is 5.84. The summed E-state index contributed by atoms with van der Waals surface area (Å²) in [7, 11) is -3.73. The Balaban J connectivity index is 1.38. The lowest BCUT2D eigenvalue weighted by Gasteiger charge is -2.36. The van der Waals surface area contributed by atoms with Crippen LogP contribution in [0, 0.1) is 0 Å². The molecule has 0 atom stereocenters. The number of amides is 1. The molecular weight excluding hydrogens is 422 g/mol. The first-order valence-corrected chi connectivity index (χ1v) is 12.2. The van der Waals surface area contributed by atoms with Crippen molar-refractivity contribution >= 4 is 33.2 Å². The third-order valence-electron chi connectivity index (χ3n) is 5.92. The van der Waals surface area contributed by atoms with Gasteiger partial charge in [-0.25, -0.2) is 8.42 Å². The molecule has 0 aliphatic carbocycles. The Labute approximate surface area is 182 Å². The number of carbonyl (C=O) groups is 1. The molecule has 0 unspecified atom stereocenters. The van der Waals surface area contributed by atoms with E-state index in [1.54, 1.807) is 36.4 Å². The van der Waals surface area contributed by atoms with Gasteiger partial charge in [-0.3, -0.25) is 9.52 Å². The second-order valence-electron chi connectivity index (χ2n) is 7.90. The highest BCUT2D eigenvalue weighted by atomic mass is 35.5.